The van der Waals surface area contributed by atoms with Crippen LogP contribution in [0.15, 0.2) is 36.4 Å². The van der Waals surface area contributed by atoms with Gasteiger partial charge in [0.05, 0.1) is 33.4 Å². The molecule has 4 aromatic rings. The first-order chi connectivity index (χ1) is 14.7. The average Bonchev–Trinajstić information content (AvgIpc) is 2.80. The predicted octanol–water partition coefficient (Wildman–Crippen LogP) is 4.38. The zero-order chi connectivity index (χ0) is 21.4. The van der Waals surface area contributed by atoms with E-state index < -0.39 is 0 Å². The summed E-state index contributed by atoms with van der Waals surface area (Å²) in [5.74, 6) is 0. The summed E-state index contributed by atoms with van der Waals surface area (Å²) < 4.78 is 0. The highest BCUT2D eigenvalue weighted by atomic mass is 14.4. The highest BCUT2D eigenvalue weighted by molar-refractivity contribution is 6.29. The van der Waals surface area contributed by atoms with Crippen molar-refractivity contribution in [2.24, 2.45) is 0 Å². The monoisotopic (exact) mass is 378 g/mol. The van der Waals surface area contributed by atoms with Crippen molar-refractivity contribution in [2.75, 3.05) is 0 Å². The number of hydrogen-bond acceptors (Lipinski definition) is 6. The summed E-state index contributed by atoms with van der Waals surface area (Å²) in [6.45, 7) is 0. The summed E-state index contributed by atoms with van der Waals surface area (Å²) in [4.78, 5) is 0. The summed E-state index contributed by atoms with van der Waals surface area (Å²) in [7, 11) is 0. The van der Waals surface area contributed by atoms with E-state index in [2.05, 4.69) is 0 Å². The molecule has 0 amide bonds. The molecule has 4 aromatic carbocycles. The first-order valence-electron chi connectivity index (χ1n) is 8.58. The van der Waals surface area contributed by atoms with Gasteiger partial charge in [0.15, 0.2) is 0 Å². The van der Waals surface area contributed by atoms with Gasteiger partial charge < -0.3 is 0 Å². The van der Waals surface area contributed by atoms with E-state index in [0.29, 0.717) is 26.9 Å². The van der Waals surface area contributed by atoms with Crippen molar-refractivity contribution >= 4 is 32.3 Å². The zero-order valence-electron chi connectivity index (χ0n) is 15.1. The molecule has 132 valence electrons. The van der Waals surface area contributed by atoms with Crippen molar-refractivity contribution in [2.45, 2.75) is 0 Å². The van der Waals surface area contributed by atoms with Crippen molar-refractivity contribution in [3.05, 3.63) is 69.8 Å². The second-order valence-electron chi connectivity index (χ2n) is 6.38. The van der Waals surface area contributed by atoms with E-state index in [1.54, 1.807) is 24.3 Å². The molecule has 30 heavy (non-hydrogen) atoms. The maximum Gasteiger partial charge on any atom is 0.102 e. The van der Waals surface area contributed by atoms with Crippen LogP contribution in [-0.2, 0) is 0 Å². The van der Waals surface area contributed by atoms with E-state index >= 15 is 0 Å². The van der Waals surface area contributed by atoms with Crippen LogP contribution in [0, 0.1) is 68.0 Å². The predicted molar refractivity (Wildman–Crippen MR) is 107 cm³/mol. The van der Waals surface area contributed by atoms with Gasteiger partial charge in [-0.1, -0.05) is 30.3 Å². The summed E-state index contributed by atoms with van der Waals surface area (Å²) in [6, 6.07) is 22.1. The lowest BCUT2D eigenvalue weighted by Crippen LogP contribution is -2.01. The molecule has 0 unspecified atom stereocenters. The van der Waals surface area contributed by atoms with E-state index in [1.807, 2.05) is 42.5 Å². The minimum Gasteiger partial charge on any atom is -0.192 e. The second kappa shape index (κ2) is 6.64. The lowest BCUT2D eigenvalue weighted by atomic mass is 9.83. The third-order valence-corrected chi connectivity index (χ3v) is 5.12. The Labute approximate surface area is 170 Å². The van der Waals surface area contributed by atoms with Gasteiger partial charge in [-0.3, -0.25) is 0 Å². The standard InChI is InChI=1S/C24H6N6/c25-7-13-5-6-16-14-3-1-2-4-15(14)23-20(11-29)18(9-27)19(10-28)21(12-30)24(23)22(16)17(13)8-26/h1-6H. The molecule has 0 aliphatic heterocycles. The third-order valence-electron chi connectivity index (χ3n) is 5.12. The summed E-state index contributed by atoms with van der Waals surface area (Å²) in [5.41, 5.74) is -0.347. The number of benzene rings is 4. The van der Waals surface area contributed by atoms with Crippen LogP contribution in [0.4, 0.5) is 0 Å². The van der Waals surface area contributed by atoms with Gasteiger partial charge in [-0.05, 0) is 22.2 Å². The molecular formula is C24H6N6. The topological polar surface area (TPSA) is 143 Å². The van der Waals surface area contributed by atoms with Crippen molar-refractivity contribution in [1.29, 1.82) is 31.6 Å². The maximum absolute atomic E-state index is 9.91. The molecule has 0 fully saturated rings. The Hall–Kier alpha value is -5.40. The van der Waals surface area contributed by atoms with Crippen molar-refractivity contribution in [3.8, 4) is 36.4 Å². The number of hydrogen-bond donors (Lipinski definition) is 0. The molecule has 0 saturated carbocycles. The van der Waals surface area contributed by atoms with E-state index in [4.69, 9.17) is 0 Å². The van der Waals surface area contributed by atoms with E-state index in [0.717, 1.165) is 0 Å². The van der Waals surface area contributed by atoms with Crippen molar-refractivity contribution < 1.29 is 0 Å². The van der Waals surface area contributed by atoms with Crippen LogP contribution in [0.2, 0.25) is 0 Å². The Balaban J connectivity index is 2.63. The molecule has 0 heterocycles. The Bertz CT molecular complexity index is 1680. The summed E-state index contributed by atoms with van der Waals surface area (Å²) in [5, 5.41) is 61.2. The molecule has 0 bridgehead atoms. The van der Waals surface area contributed by atoms with Gasteiger partial charge in [0.2, 0.25) is 0 Å². The van der Waals surface area contributed by atoms with Crippen molar-refractivity contribution in [3.63, 3.8) is 0 Å². The Morgan fingerprint density at radius 2 is 0.867 bits per heavy atom. The average molecular weight is 378 g/mol. The fourth-order valence-electron chi connectivity index (χ4n) is 3.95. The van der Waals surface area contributed by atoms with Gasteiger partial charge in [0.25, 0.3) is 0 Å². The molecule has 0 spiro atoms. The molecule has 0 saturated heterocycles. The van der Waals surface area contributed by atoms with Gasteiger partial charge in [-0.15, -0.1) is 0 Å². The lowest BCUT2D eigenvalue weighted by molar-refractivity contribution is 1.39. The fourth-order valence-corrected chi connectivity index (χ4v) is 3.95. The molecule has 0 N–H and O–H groups in total. The Morgan fingerprint density at radius 1 is 0.400 bits per heavy atom. The van der Waals surface area contributed by atoms with Crippen LogP contribution >= 0.6 is 0 Å². The quantitative estimate of drug-likeness (QED) is 0.415. The highest BCUT2D eigenvalue weighted by Gasteiger charge is 2.25. The summed E-state index contributed by atoms with van der Waals surface area (Å²) >= 11 is 0. The SMILES string of the molecule is N#Cc1ccc2c3ccccc3c3c(C#N)c(C#N)c(C#N)c(C#N)c3c2c1C#N. The molecule has 0 aliphatic rings. The van der Waals surface area contributed by atoms with Gasteiger partial charge in [-0.2, -0.15) is 31.6 Å². The van der Waals surface area contributed by atoms with Gasteiger partial charge in [0.1, 0.15) is 36.4 Å². The first-order valence-corrected chi connectivity index (χ1v) is 8.58. The van der Waals surface area contributed by atoms with Crippen LogP contribution in [0.3, 0.4) is 0 Å². The highest BCUT2D eigenvalue weighted by Crippen LogP contribution is 2.42. The van der Waals surface area contributed by atoms with Crippen LogP contribution < -0.4 is 0 Å². The van der Waals surface area contributed by atoms with Gasteiger partial charge in [0, 0.05) is 16.2 Å². The Kier molecular flexibility index (Phi) is 3.98. The molecule has 0 aliphatic carbocycles. The smallest absolute Gasteiger partial charge is 0.102 e. The molecule has 4 rings (SSSR count). The molecule has 0 aromatic heterocycles. The van der Waals surface area contributed by atoms with E-state index in [-0.39, 0.29) is 38.8 Å². The van der Waals surface area contributed by atoms with Crippen molar-refractivity contribution in [1.82, 2.24) is 0 Å². The fraction of sp³-hybridized carbons (Fsp3) is 0. The third kappa shape index (κ3) is 2.12. The van der Waals surface area contributed by atoms with Crippen LogP contribution in [0.25, 0.3) is 32.3 Å². The number of nitriles is 6. The number of fused-ring (bicyclic) bond motifs is 6. The minimum atomic E-state index is -0.216. The van der Waals surface area contributed by atoms with Crippen LogP contribution in [0.5, 0.6) is 0 Å². The van der Waals surface area contributed by atoms with Gasteiger partial charge in [-0.25, -0.2) is 0 Å². The molecule has 6 heteroatoms. The van der Waals surface area contributed by atoms with E-state index in [9.17, 15) is 31.6 Å². The molecule has 0 radical (unpaired) electrons. The number of rotatable bonds is 0. The minimum absolute atomic E-state index is 0.0348. The zero-order valence-corrected chi connectivity index (χ0v) is 15.1. The van der Waals surface area contributed by atoms with Gasteiger partial charge >= 0.3 is 0 Å². The molecule has 6 nitrogen and oxygen atoms in total. The number of nitrogens with zero attached hydrogens (tertiary/aromatic N) is 6. The summed E-state index contributed by atoms with van der Waals surface area (Å²) in [6.07, 6.45) is 0. The normalized spacial score (nSPS) is 9.80. The molecular weight excluding hydrogens is 372 g/mol. The van der Waals surface area contributed by atoms with E-state index in [1.165, 1.54) is 6.07 Å². The van der Waals surface area contributed by atoms with Crippen LogP contribution in [-0.4, -0.2) is 0 Å². The first kappa shape index (κ1) is 18.0. The van der Waals surface area contributed by atoms with Crippen LogP contribution in [0.1, 0.15) is 33.4 Å². The maximum atomic E-state index is 9.91. The Morgan fingerprint density at radius 3 is 1.40 bits per heavy atom. The largest absolute Gasteiger partial charge is 0.192 e. The molecule has 0 atom stereocenters. The lowest BCUT2D eigenvalue weighted by Gasteiger charge is -2.16. The second-order valence-corrected chi connectivity index (χ2v) is 6.38.